The van der Waals surface area contributed by atoms with Crippen molar-refractivity contribution in [3.63, 3.8) is 0 Å². The van der Waals surface area contributed by atoms with Crippen molar-refractivity contribution in [3.05, 3.63) is 64.8 Å². The molecule has 13 heteroatoms. The second kappa shape index (κ2) is 13.4. The van der Waals surface area contributed by atoms with Crippen molar-refractivity contribution in [3.8, 4) is 0 Å². The maximum Gasteiger partial charge on any atom is 0.401 e. The number of likely N-dealkylation sites (tertiary alicyclic amines) is 2. The number of alkyl halides is 3. The fraction of sp³-hybridized carbons (Fsp3) is 0.594. The van der Waals surface area contributed by atoms with Gasteiger partial charge in [0.2, 0.25) is 5.91 Å². The second-order valence-electron chi connectivity index (χ2n) is 13.9. The van der Waals surface area contributed by atoms with Crippen LogP contribution in [-0.4, -0.2) is 94.1 Å². The van der Waals surface area contributed by atoms with Crippen LogP contribution in [-0.2, 0) is 22.8 Å². The van der Waals surface area contributed by atoms with Crippen molar-refractivity contribution in [2.24, 2.45) is 5.92 Å². The van der Waals surface area contributed by atoms with E-state index in [1.54, 1.807) is 21.7 Å². The lowest BCUT2D eigenvalue weighted by Crippen LogP contribution is -2.53. The molecule has 246 valence electrons. The first kappa shape index (κ1) is 33.4. The summed E-state index contributed by atoms with van der Waals surface area (Å²) in [7, 11) is -1.21. The number of carbonyl (C=O) groups excluding carboxylic acids is 1. The van der Waals surface area contributed by atoms with Gasteiger partial charge in [0.25, 0.3) is 5.56 Å². The van der Waals surface area contributed by atoms with E-state index in [2.05, 4.69) is 24.6 Å². The molecule has 1 amide bonds. The molecule has 2 atom stereocenters. The second-order valence-corrected chi connectivity index (χ2v) is 19.5. The number of aromatic nitrogens is 3. The van der Waals surface area contributed by atoms with Crippen LogP contribution < -0.4 is 5.56 Å². The summed E-state index contributed by atoms with van der Waals surface area (Å²) in [5.41, 5.74) is -0.0617. The molecule has 4 heterocycles. The maximum atomic E-state index is 13.8. The first-order valence-corrected chi connectivity index (χ1v) is 19.4. The molecular formula is C32H44F3N5O4Si. The normalized spacial score (nSPS) is 21.4. The van der Waals surface area contributed by atoms with E-state index in [-0.39, 0.29) is 49.9 Å². The van der Waals surface area contributed by atoms with E-state index < -0.39 is 32.3 Å². The van der Waals surface area contributed by atoms with E-state index in [9.17, 15) is 27.9 Å². The number of aliphatic hydroxyl groups is 1. The van der Waals surface area contributed by atoms with Crippen molar-refractivity contribution in [2.45, 2.75) is 75.9 Å². The minimum atomic E-state index is -4.30. The summed E-state index contributed by atoms with van der Waals surface area (Å²) in [5.74, 6) is -0.892. The molecule has 0 unspecified atom stereocenters. The Kier molecular flexibility index (Phi) is 9.92. The number of halogens is 3. The molecular weight excluding hydrogens is 603 g/mol. The largest absolute Gasteiger partial charge is 0.401 e. The number of hydrogen-bond donors (Lipinski definition) is 1. The van der Waals surface area contributed by atoms with E-state index in [4.69, 9.17) is 4.74 Å². The summed E-state index contributed by atoms with van der Waals surface area (Å²) >= 11 is 0. The first-order chi connectivity index (χ1) is 21.2. The molecule has 0 saturated carbocycles. The quantitative estimate of drug-likeness (QED) is 0.257. The molecule has 9 nitrogen and oxygen atoms in total. The molecule has 5 rings (SSSR count). The molecule has 0 spiro atoms. The van der Waals surface area contributed by atoms with Gasteiger partial charge in [-0.3, -0.25) is 19.1 Å². The van der Waals surface area contributed by atoms with Gasteiger partial charge in [-0.15, -0.1) is 0 Å². The number of rotatable bonds is 10. The van der Waals surface area contributed by atoms with Crippen LogP contribution in [0, 0.1) is 5.92 Å². The van der Waals surface area contributed by atoms with Gasteiger partial charge in [-0.25, -0.2) is 4.98 Å². The molecule has 0 radical (unpaired) electrons. The summed E-state index contributed by atoms with van der Waals surface area (Å²) in [5, 5.41) is 11.9. The molecule has 1 N–H and O–H groups in total. The van der Waals surface area contributed by atoms with Gasteiger partial charge in [-0.05, 0) is 43.5 Å². The Hall–Kier alpha value is -3.00. The van der Waals surface area contributed by atoms with E-state index in [1.807, 2.05) is 30.3 Å². The van der Waals surface area contributed by atoms with Crippen molar-refractivity contribution < 1.29 is 27.8 Å². The number of fused-ring (bicyclic) bond motifs is 1. The van der Waals surface area contributed by atoms with Gasteiger partial charge >= 0.3 is 6.18 Å². The number of hydrogen-bond acceptors (Lipinski definition) is 6. The Balaban J connectivity index is 1.21. The van der Waals surface area contributed by atoms with Crippen LogP contribution in [0.15, 0.2) is 53.7 Å². The van der Waals surface area contributed by atoms with Gasteiger partial charge in [0.05, 0.1) is 24.1 Å². The molecule has 3 aromatic rings. The van der Waals surface area contributed by atoms with Gasteiger partial charge in [0.15, 0.2) is 0 Å². The number of ether oxygens (including phenoxy) is 1. The zero-order valence-corrected chi connectivity index (χ0v) is 27.3. The van der Waals surface area contributed by atoms with Gasteiger partial charge < -0.3 is 19.3 Å². The third-order valence-corrected chi connectivity index (χ3v) is 10.8. The van der Waals surface area contributed by atoms with Crippen LogP contribution >= 0.6 is 0 Å². The fourth-order valence-corrected chi connectivity index (χ4v) is 7.22. The molecule has 2 fully saturated rings. The highest BCUT2D eigenvalue weighted by Gasteiger charge is 2.42. The zero-order valence-electron chi connectivity index (χ0n) is 26.3. The van der Waals surface area contributed by atoms with Gasteiger partial charge in [-0.2, -0.15) is 13.2 Å². The molecule has 2 aliphatic heterocycles. The van der Waals surface area contributed by atoms with Crippen molar-refractivity contribution in [1.29, 1.82) is 0 Å². The Bertz CT molecular complexity index is 1510. The number of benzene rings is 1. The molecule has 2 aliphatic rings. The van der Waals surface area contributed by atoms with Gasteiger partial charge in [0.1, 0.15) is 18.7 Å². The zero-order chi connectivity index (χ0) is 32.4. The number of piperidine rings is 2. The summed E-state index contributed by atoms with van der Waals surface area (Å²) in [4.78, 5) is 34.7. The van der Waals surface area contributed by atoms with Crippen LogP contribution in [0.3, 0.4) is 0 Å². The summed E-state index contributed by atoms with van der Waals surface area (Å²) < 4.78 is 48.6. The van der Waals surface area contributed by atoms with E-state index in [1.165, 1.54) is 15.8 Å². The monoisotopic (exact) mass is 647 g/mol. The lowest BCUT2D eigenvalue weighted by atomic mass is 9.79. The third-order valence-electron chi connectivity index (χ3n) is 9.09. The highest BCUT2D eigenvalue weighted by Crippen LogP contribution is 2.36. The Morgan fingerprint density at radius 1 is 1.09 bits per heavy atom. The summed E-state index contributed by atoms with van der Waals surface area (Å²) in [6.07, 6.45) is -0.177. The van der Waals surface area contributed by atoms with Crippen LogP contribution in [0.1, 0.15) is 30.7 Å². The molecule has 2 saturated heterocycles. The van der Waals surface area contributed by atoms with Crippen LogP contribution in [0.25, 0.3) is 11.0 Å². The Labute approximate surface area is 262 Å². The van der Waals surface area contributed by atoms with E-state index >= 15 is 0 Å². The first-order valence-electron chi connectivity index (χ1n) is 15.7. The minimum Gasteiger partial charge on any atom is -0.388 e. The highest BCUT2D eigenvalue weighted by atomic mass is 28.3. The van der Waals surface area contributed by atoms with E-state index in [0.29, 0.717) is 43.9 Å². The third kappa shape index (κ3) is 8.43. The van der Waals surface area contributed by atoms with E-state index in [0.717, 1.165) is 11.6 Å². The number of amides is 1. The fourth-order valence-electron chi connectivity index (χ4n) is 6.47. The SMILES string of the molecule is C[Si](C)(C)CCOCn1ccc2c(=O)n(CC3(O)CCN(C(=O)[C@@H]4CCN(CC(F)(F)F)C[C@H]4c4ccccc4)CC3)cnc21. The standard InChI is InChI=1S/C32H44F3N5O4Si/c1-45(2,3)18-17-44-23-39-14-10-26-28(39)36-22-40(30(26)42)20-31(43)11-15-38(16-12-31)29(41)25-9-13-37(21-32(33,34)35)19-27(25)24-7-5-4-6-8-24/h4-8,10,14,22,25,27,43H,9,11-13,15-21,23H2,1-3H3/t25-,27+/m1/s1. The number of carbonyl (C=O) groups is 1. The Morgan fingerprint density at radius 3 is 2.47 bits per heavy atom. The lowest BCUT2D eigenvalue weighted by Gasteiger charge is -2.43. The van der Waals surface area contributed by atoms with Crippen molar-refractivity contribution >= 4 is 25.0 Å². The summed E-state index contributed by atoms with van der Waals surface area (Å²) in [6, 6.07) is 12.0. The molecule has 0 bridgehead atoms. The molecule has 0 aliphatic carbocycles. The lowest BCUT2D eigenvalue weighted by molar-refractivity contribution is -0.153. The maximum absolute atomic E-state index is 13.8. The number of nitrogens with zero attached hydrogens (tertiary/aromatic N) is 5. The summed E-state index contributed by atoms with van der Waals surface area (Å²) in [6.45, 7) is 7.84. The molecule has 2 aromatic heterocycles. The Morgan fingerprint density at radius 2 is 1.80 bits per heavy atom. The average Bonchev–Trinajstić information content (AvgIpc) is 3.39. The predicted molar refractivity (Wildman–Crippen MR) is 169 cm³/mol. The van der Waals surface area contributed by atoms with Crippen LogP contribution in [0.2, 0.25) is 25.7 Å². The predicted octanol–water partition coefficient (Wildman–Crippen LogP) is 4.53. The van der Waals surface area contributed by atoms with Crippen LogP contribution in [0.5, 0.6) is 0 Å². The average molecular weight is 648 g/mol. The van der Waals surface area contributed by atoms with Crippen molar-refractivity contribution in [2.75, 3.05) is 39.3 Å². The topological polar surface area (TPSA) is 92.8 Å². The highest BCUT2D eigenvalue weighted by molar-refractivity contribution is 6.76. The minimum absolute atomic E-state index is 0.0527. The van der Waals surface area contributed by atoms with Gasteiger partial charge in [-0.1, -0.05) is 50.0 Å². The molecule has 1 aromatic carbocycles. The van der Waals surface area contributed by atoms with Crippen LogP contribution in [0.4, 0.5) is 13.2 Å². The van der Waals surface area contributed by atoms with Crippen molar-refractivity contribution in [1.82, 2.24) is 23.9 Å². The smallest absolute Gasteiger partial charge is 0.388 e. The van der Waals surface area contributed by atoms with Gasteiger partial charge in [0, 0.05) is 52.3 Å². The molecule has 45 heavy (non-hydrogen) atoms.